The van der Waals surface area contributed by atoms with Crippen molar-refractivity contribution < 1.29 is 9.50 Å². The molecule has 0 unspecified atom stereocenters. The second-order valence-corrected chi connectivity index (χ2v) is 5.37. The fourth-order valence-corrected chi connectivity index (χ4v) is 2.65. The van der Waals surface area contributed by atoms with Crippen molar-refractivity contribution in [3.63, 3.8) is 0 Å². The number of hydrogen-bond acceptors (Lipinski definition) is 2. The Balaban J connectivity index is 1.80. The van der Waals surface area contributed by atoms with Crippen molar-refractivity contribution >= 4 is 0 Å². The van der Waals surface area contributed by atoms with E-state index in [4.69, 9.17) is 0 Å². The minimum absolute atomic E-state index is 0.206. The average molecular weight is 251 g/mol. The van der Waals surface area contributed by atoms with Crippen molar-refractivity contribution in [3.05, 3.63) is 35.6 Å². The number of halogens is 1. The number of benzene rings is 1. The lowest BCUT2D eigenvalue weighted by Crippen LogP contribution is -2.39. The van der Waals surface area contributed by atoms with E-state index in [2.05, 4.69) is 5.32 Å². The third kappa shape index (κ3) is 4.07. The van der Waals surface area contributed by atoms with Gasteiger partial charge in [0.1, 0.15) is 5.82 Å². The van der Waals surface area contributed by atoms with Crippen LogP contribution in [-0.2, 0) is 6.54 Å². The first-order valence-electron chi connectivity index (χ1n) is 6.86. The summed E-state index contributed by atoms with van der Waals surface area (Å²) < 4.78 is 13.0. The average Bonchev–Trinajstić information content (AvgIpc) is 2.55. The Bertz CT molecular complexity index is 373. The van der Waals surface area contributed by atoms with Gasteiger partial charge in [-0.1, -0.05) is 37.8 Å². The van der Waals surface area contributed by atoms with Crippen LogP contribution in [0.3, 0.4) is 0 Å². The molecule has 100 valence electrons. The third-order valence-corrected chi connectivity index (χ3v) is 3.71. The highest BCUT2D eigenvalue weighted by molar-refractivity contribution is 5.16. The van der Waals surface area contributed by atoms with Gasteiger partial charge in [0.2, 0.25) is 0 Å². The maximum atomic E-state index is 13.0. The van der Waals surface area contributed by atoms with E-state index in [1.54, 1.807) is 6.07 Å². The lowest BCUT2D eigenvalue weighted by Gasteiger charge is -2.27. The monoisotopic (exact) mass is 251 g/mol. The lowest BCUT2D eigenvalue weighted by atomic mass is 9.94. The summed E-state index contributed by atoms with van der Waals surface area (Å²) in [6, 6.07) is 6.59. The van der Waals surface area contributed by atoms with Gasteiger partial charge in [0, 0.05) is 13.1 Å². The largest absolute Gasteiger partial charge is 0.389 e. The lowest BCUT2D eigenvalue weighted by molar-refractivity contribution is 0.0250. The van der Waals surface area contributed by atoms with Gasteiger partial charge in [-0.25, -0.2) is 4.39 Å². The highest BCUT2D eigenvalue weighted by atomic mass is 19.1. The van der Waals surface area contributed by atoms with Crippen LogP contribution < -0.4 is 5.32 Å². The highest BCUT2D eigenvalue weighted by Gasteiger charge is 2.27. The minimum Gasteiger partial charge on any atom is -0.389 e. The summed E-state index contributed by atoms with van der Waals surface area (Å²) in [5, 5.41) is 13.7. The highest BCUT2D eigenvalue weighted by Crippen LogP contribution is 2.26. The normalized spacial score (nSPS) is 19.4. The van der Waals surface area contributed by atoms with Crippen molar-refractivity contribution in [3.8, 4) is 0 Å². The quantitative estimate of drug-likeness (QED) is 0.806. The molecule has 2 N–H and O–H groups in total. The van der Waals surface area contributed by atoms with Crippen molar-refractivity contribution in [2.75, 3.05) is 6.54 Å². The molecule has 0 spiro atoms. The van der Waals surface area contributed by atoms with Gasteiger partial charge >= 0.3 is 0 Å². The van der Waals surface area contributed by atoms with Crippen LogP contribution in [-0.4, -0.2) is 17.3 Å². The zero-order valence-electron chi connectivity index (χ0n) is 10.8. The van der Waals surface area contributed by atoms with E-state index in [1.165, 1.54) is 25.0 Å². The molecule has 1 aromatic carbocycles. The molecule has 0 bridgehead atoms. The van der Waals surface area contributed by atoms with Gasteiger partial charge in [-0.2, -0.15) is 0 Å². The van der Waals surface area contributed by atoms with Gasteiger partial charge in [0.05, 0.1) is 5.60 Å². The molecule has 0 saturated heterocycles. The van der Waals surface area contributed by atoms with Crippen LogP contribution >= 0.6 is 0 Å². The molecule has 2 nitrogen and oxygen atoms in total. The molecule has 0 heterocycles. The number of aliphatic hydroxyl groups is 1. The van der Waals surface area contributed by atoms with Crippen LogP contribution in [0.25, 0.3) is 0 Å². The second-order valence-electron chi connectivity index (χ2n) is 5.37. The molecule has 0 aliphatic heterocycles. The fraction of sp³-hybridized carbons (Fsp3) is 0.600. The molecule has 1 aliphatic carbocycles. The molecule has 1 fully saturated rings. The van der Waals surface area contributed by atoms with Crippen LogP contribution in [0.5, 0.6) is 0 Å². The van der Waals surface area contributed by atoms with Gasteiger partial charge in [-0.3, -0.25) is 0 Å². The van der Waals surface area contributed by atoms with E-state index in [1.807, 2.05) is 6.07 Å². The van der Waals surface area contributed by atoms with Gasteiger partial charge in [0.15, 0.2) is 0 Å². The van der Waals surface area contributed by atoms with Crippen molar-refractivity contribution in [1.82, 2.24) is 5.32 Å². The maximum Gasteiger partial charge on any atom is 0.123 e. The molecular weight excluding hydrogens is 229 g/mol. The van der Waals surface area contributed by atoms with Gasteiger partial charge in [-0.15, -0.1) is 0 Å². The standard InChI is InChI=1S/C15H22FNO/c16-14-7-5-6-13(10-14)11-17-12-15(18)8-3-1-2-4-9-15/h5-7,10,17-18H,1-4,8-9,11-12H2. The summed E-state index contributed by atoms with van der Waals surface area (Å²) in [6.45, 7) is 1.21. The molecule has 1 saturated carbocycles. The minimum atomic E-state index is -0.566. The predicted molar refractivity (Wildman–Crippen MR) is 70.8 cm³/mol. The predicted octanol–water partition coefficient (Wildman–Crippen LogP) is 3.00. The molecule has 2 rings (SSSR count). The Labute approximate surface area is 108 Å². The van der Waals surface area contributed by atoms with Gasteiger partial charge < -0.3 is 10.4 Å². The summed E-state index contributed by atoms with van der Waals surface area (Å²) >= 11 is 0. The number of rotatable bonds is 4. The Morgan fingerprint density at radius 3 is 2.56 bits per heavy atom. The molecule has 0 aromatic heterocycles. The van der Waals surface area contributed by atoms with Crippen LogP contribution in [0.2, 0.25) is 0 Å². The Morgan fingerprint density at radius 1 is 1.17 bits per heavy atom. The zero-order valence-corrected chi connectivity index (χ0v) is 10.8. The Morgan fingerprint density at radius 2 is 1.89 bits per heavy atom. The number of nitrogens with one attached hydrogen (secondary N) is 1. The molecule has 1 aromatic rings. The van der Waals surface area contributed by atoms with Crippen LogP contribution in [0.4, 0.5) is 4.39 Å². The first-order valence-corrected chi connectivity index (χ1v) is 6.86. The van der Waals surface area contributed by atoms with Crippen molar-refractivity contribution in [2.24, 2.45) is 0 Å². The summed E-state index contributed by atoms with van der Waals surface area (Å²) in [4.78, 5) is 0. The van der Waals surface area contributed by atoms with E-state index in [9.17, 15) is 9.50 Å². The molecule has 1 aliphatic rings. The van der Waals surface area contributed by atoms with Crippen molar-refractivity contribution in [1.29, 1.82) is 0 Å². The van der Waals surface area contributed by atoms with Gasteiger partial charge in [-0.05, 0) is 30.5 Å². The first-order chi connectivity index (χ1) is 8.68. The SMILES string of the molecule is OC1(CNCc2cccc(F)c2)CCCCCC1. The Hall–Kier alpha value is -0.930. The van der Waals surface area contributed by atoms with E-state index in [0.29, 0.717) is 13.1 Å². The zero-order chi connectivity index (χ0) is 12.8. The molecule has 18 heavy (non-hydrogen) atoms. The fourth-order valence-electron chi connectivity index (χ4n) is 2.65. The molecule has 0 amide bonds. The Kier molecular flexibility index (Phi) is 4.72. The van der Waals surface area contributed by atoms with Gasteiger partial charge in [0.25, 0.3) is 0 Å². The topological polar surface area (TPSA) is 32.3 Å². The van der Waals surface area contributed by atoms with Crippen LogP contribution in [0.1, 0.15) is 44.1 Å². The molecule has 0 atom stereocenters. The van der Waals surface area contributed by atoms with Crippen LogP contribution in [0.15, 0.2) is 24.3 Å². The first kappa shape index (κ1) is 13.5. The summed E-state index contributed by atoms with van der Waals surface area (Å²) in [7, 11) is 0. The van der Waals surface area contributed by atoms with E-state index >= 15 is 0 Å². The van der Waals surface area contributed by atoms with Crippen LogP contribution in [0, 0.1) is 5.82 Å². The molecule has 0 radical (unpaired) electrons. The maximum absolute atomic E-state index is 13.0. The van der Waals surface area contributed by atoms with E-state index in [-0.39, 0.29) is 5.82 Å². The molecule has 3 heteroatoms. The third-order valence-electron chi connectivity index (χ3n) is 3.71. The van der Waals surface area contributed by atoms with Crippen molar-refractivity contribution in [2.45, 2.75) is 50.7 Å². The van der Waals surface area contributed by atoms with E-state index < -0.39 is 5.60 Å². The summed E-state index contributed by atoms with van der Waals surface area (Å²) in [6.07, 6.45) is 6.43. The smallest absolute Gasteiger partial charge is 0.123 e. The molecular formula is C15H22FNO. The number of hydrogen-bond donors (Lipinski definition) is 2. The van der Waals surface area contributed by atoms with E-state index in [0.717, 1.165) is 31.2 Å². The summed E-state index contributed by atoms with van der Waals surface area (Å²) in [5.41, 5.74) is 0.358. The summed E-state index contributed by atoms with van der Waals surface area (Å²) in [5.74, 6) is -0.206. The second kappa shape index (κ2) is 6.30.